The highest BCUT2D eigenvalue weighted by Gasteiger charge is 2.03. The molecule has 90 valence electrons. The van der Waals surface area contributed by atoms with Crippen molar-refractivity contribution in [3.05, 3.63) is 39.1 Å². The van der Waals surface area contributed by atoms with Crippen LogP contribution >= 0.6 is 27.3 Å². The molecule has 0 fully saturated rings. The highest BCUT2D eigenvalue weighted by Crippen LogP contribution is 2.19. The van der Waals surface area contributed by atoms with Gasteiger partial charge in [-0.15, -0.1) is 10.2 Å². The first-order valence-corrected chi connectivity index (χ1v) is 6.80. The van der Waals surface area contributed by atoms with E-state index in [0.29, 0.717) is 11.0 Å². The molecule has 0 radical (unpaired) electrons. The first-order valence-electron chi connectivity index (χ1n) is 5.19. The summed E-state index contributed by atoms with van der Waals surface area (Å²) >= 11 is 4.65. The summed E-state index contributed by atoms with van der Waals surface area (Å²) < 4.78 is 13.7. The summed E-state index contributed by atoms with van der Waals surface area (Å²) in [5.74, 6) is -0.254. The van der Waals surface area contributed by atoms with Gasteiger partial charge in [-0.25, -0.2) is 4.39 Å². The van der Waals surface area contributed by atoms with Crippen LogP contribution in [0.15, 0.2) is 22.7 Å². The number of nitrogens with zero attached hydrogens (tertiary/aromatic N) is 2. The van der Waals surface area contributed by atoms with Crippen LogP contribution in [0.3, 0.4) is 0 Å². The fraction of sp³-hybridized carbons (Fsp3) is 0.273. The zero-order valence-electron chi connectivity index (χ0n) is 9.20. The van der Waals surface area contributed by atoms with Gasteiger partial charge in [0.15, 0.2) is 0 Å². The molecule has 0 aliphatic heterocycles. The minimum Gasteiger partial charge on any atom is -0.356 e. The molecule has 0 bridgehead atoms. The maximum atomic E-state index is 13.3. The van der Waals surface area contributed by atoms with E-state index in [-0.39, 0.29) is 5.82 Å². The smallest absolute Gasteiger partial charge is 0.205 e. The second-order valence-electron chi connectivity index (χ2n) is 3.46. The number of rotatable bonds is 4. The van der Waals surface area contributed by atoms with Gasteiger partial charge < -0.3 is 5.32 Å². The van der Waals surface area contributed by atoms with Crippen molar-refractivity contribution in [3.8, 4) is 0 Å². The van der Waals surface area contributed by atoms with E-state index < -0.39 is 0 Å². The molecule has 0 unspecified atom stereocenters. The summed E-state index contributed by atoms with van der Waals surface area (Å²) in [7, 11) is 0. The molecule has 0 amide bonds. The molecule has 0 saturated heterocycles. The molecule has 1 N–H and O–H groups in total. The first-order chi connectivity index (χ1) is 8.19. The van der Waals surface area contributed by atoms with E-state index in [1.165, 1.54) is 17.4 Å². The first kappa shape index (κ1) is 12.4. The van der Waals surface area contributed by atoms with Gasteiger partial charge in [-0.05, 0) is 40.0 Å². The highest BCUT2D eigenvalue weighted by atomic mass is 79.9. The lowest BCUT2D eigenvalue weighted by Crippen LogP contribution is -1.99. The molecule has 0 atom stereocenters. The van der Waals surface area contributed by atoms with Gasteiger partial charge in [0.1, 0.15) is 10.8 Å². The minimum atomic E-state index is -0.254. The second kappa shape index (κ2) is 5.55. The summed E-state index contributed by atoms with van der Waals surface area (Å²) in [6, 6.07) is 5.06. The summed E-state index contributed by atoms with van der Waals surface area (Å²) in [4.78, 5) is 0. The molecular formula is C11H11BrFN3S. The number of benzene rings is 1. The highest BCUT2D eigenvalue weighted by molar-refractivity contribution is 9.10. The van der Waals surface area contributed by atoms with E-state index in [1.54, 1.807) is 6.07 Å². The van der Waals surface area contributed by atoms with Crippen LogP contribution in [0.4, 0.5) is 9.52 Å². The number of aromatic nitrogens is 2. The molecule has 0 aliphatic carbocycles. The predicted molar refractivity (Wildman–Crippen MR) is 70.7 cm³/mol. The van der Waals surface area contributed by atoms with Crippen molar-refractivity contribution in [2.75, 3.05) is 5.32 Å². The Morgan fingerprint density at radius 2 is 2.24 bits per heavy atom. The number of nitrogens with one attached hydrogen (secondary N) is 1. The topological polar surface area (TPSA) is 37.8 Å². The van der Waals surface area contributed by atoms with Crippen molar-refractivity contribution in [3.63, 3.8) is 0 Å². The molecule has 2 aromatic rings. The molecule has 3 nitrogen and oxygen atoms in total. The number of hydrogen-bond donors (Lipinski definition) is 1. The lowest BCUT2D eigenvalue weighted by molar-refractivity contribution is 0.619. The van der Waals surface area contributed by atoms with Gasteiger partial charge in [-0.2, -0.15) is 0 Å². The van der Waals surface area contributed by atoms with Crippen LogP contribution in [-0.2, 0) is 13.0 Å². The van der Waals surface area contributed by atoms with Crippen molar-refractivity contribution >= 4 is 32.4 Å². The largest absolute Gasteiger partial charge is 0.356 e. The molecule has 0 aliphatic rings. The summed E-state index contributed by atoms with van der Waals surface area (Å²) in [5.41, 5.74) is 0.874. The standard InChI is InChI=1S/C11H11BrFN3S/c1-2-10-15-16-11(17-10)14-6-7-3-4-8(12)9(13)5-7/h3-5H,2,6H2,1H3,(H,14,16). The van der Waals surface area contributed by atoms with E-state index in [1.807, 2.05) is 13.0 Å². The van der Waals surface area contributed by atoms with Crippen LogP contribution in [0.1, 0.15) is 17.5 Å². The quantitative estimate of drug-likeness (QED) is 0.936. The van der Waals surface area contributed by atoms with E-state index in [9.17, 15) is 4.39 Å². The molecular weight excluding hydrogens is 305 g/mol. The van der Waals surface area contributed by atoms with Crippen LogP contribution < -0.4 is 5.32 Å². The summed E-state index contributed by atoms with van der Waals surface area (Å²) in [6.07, 6.45) is 0.881. The van der Waals surface area contributed by atoms with Gasteiger partial charge in [0.05, 0.1) is 4.47 Å². The minimum absolute atomic E-state index is 0.254. The van der Waals surface area contributed by atoms with Crippen molar-refractivity contribution in [2.24, 2.45) is 0 Å². The Labute approximate surface area is 111 Å². The monoisotopic (exact) mass is 315 g/mol. The molecule has 2 rings (SSSR count). The van der Waals surface area contributed by atoms with Crippen LogP contribution in [0.25, 0.3) is 0 Å². The Hall–Kier alpha value is -1.01. The average Bonchev–Trinajstić information content (AvgIpc) is 2.79. The van der Waals surface area contributed by atoms with Crippen LogP contribution in [-0.4, -0.2) is 10.2 Å². The van der Waals surface area contributed by atoms with Gasteiger partial charge in [0.25, 0.3) is 0 Å². The van der Waals surface area contributed by atoms with Gasteiger partial charge in [0, 0.05) is 6.54 Å². The lowest BCUT2D eigenvalue weighted by atomic mass is 10.2. The zero-order chi connectivity index (χ0) is 12.3. The van der Waals surface area contributed by atoms with Crippen molar-refractivity contribution in [1.82, 2.24) is 10.2 Å². The third-order valence-corrected chi connectivity index (χ3v) is 3.87. The molecule has 17 heavy (non-hydrogen) atoms. The van der Waals surface area contributed by atoms with E-state index in [0.717, 1.165) is 22.1 Å². The van der Waals surface area contributed by atoms with Gasteiger partial charge in [0.2, 0.25) is 5.13 Å². The lowest BCUT2D eigenvalue weighted by Gasteiger charge is -2.03. The fourth-order valence-corrected chi connectivity index (χ4v) is 2.22. The molecule has 0 spiro atoms. The Morgan fingerprint density at radius 3 is 2.88 bits per heavy atom. The second-order valence-corrected chi connectivity index (χ2v) is 5.37. The normalized spacial score (nSPS) is 10.5. The number of anilines is 1. The molecule has 1 heterocycles. The van der Waals surface area contributed by atoms with Crippen LogP contribution in [0, 0.1) is 5.82 Å². The van der Waals surface area contributed by atoms with Gasteiger partial charge in [-0.1, -0.05) is 24.3 Å². The maximum Gasteiger partial charge on any atom is 0.205 e. The number of hydrogen-bond acceptors (Lipinski definition) is 4. The SMILES string of the molecule is CCc1nnc(NCc2ccc(Br)c(F)c2)s1. The predicted octanol–water partition coefficient (Wildman–Crippen LogP) is 3.61. The van der Waals surface area contributed by atoms with Gasteiger partial charge >= 0.3 is 0 Å². The summed E-state index contributed by atoms with van der Waals surface area (Å²) in [5, 5.41) is 12.9. The molecule has 6 heteroatoms. The van der Waals surface area contributed by atoms with Crippen molar-refractivity contribution in [1.29, 1.82) is 0 Å². The molecule has 1 aromatic heterocycles. The Morgan fingerprint density at radius 1 is 1.41 bits per heavy atom. The number of halogens is 2. The van der Waals surface area contributed by atoms with Crippen molar-refractivity contribution in [2.45, 2.75) is 19.9 Å². The fourth-order valence-electron chi connectivity index (χ4n) is 1.30. The Bertz CT molecular complexity index is 515. The van der Waals surface area contributed by atoms with E-state index in [4.69, 9.17) is 0 Å². The van der Waals surface area contributed by atoms with E-state index >= 15 is 0 Å². The average molecular weight is 316 g/mol. The van der Waals surface area contributed by atoms with Gasteiger partial charge in [-0.3, -0.25) is 0 Å². The number of aryl methyl sites for hydroxylation is 1. The van der Waals surface area contributed by atoms with Crippen molar-refractivity contribution < 1.29 is 4.39 Å². The Kier molecular flexibility index (Phi) is 4.06. The molecule has 0 saturated carbocycles. The zero-order valence-corrected chi connectivity index (χ0v) is 11.6. The Balaban J connectivity index is 1.99. The summed E-state index contributed by atoms with van der Waals surface area (Å²) in [6.45, 7) is 2.58. The molecule has 1 aromatic carbocycles. The van der Waals surface area contributed by atoms with Crippen LogP contribution in [0.5, 0.6) is 0 Å². The van der Waals surface area contributed by atoms with Crippen LogP contribution in [0.2, 0.25) is 0 Å². The van der Waals surface area contributed by atoms with E-state index in [2.05, 4.69) is 31.4 Å². The third-order valence-electron chi connectivity index (χ3n) is 2.20. The third kappa shape index (κ3) is 3.23. The maximum absolute atomic E-state index is 13.3.